The zero-order valence-corrected chi connectivity index (χ0v) is 14.9. The Labute approximate surface area is 136 Å². The number of unbranched alkanes of at least 4 members (excludes halogenated alkanes) is 1. The normalized spacial score (nSPS) is 12.3. The Morgan fingerprint density at radius 3 is 1.70 bits per heavy atom. The van der Waals surface area contributed by atoms with E-state index in [0.717, 1.165) is 0 Å². The molecule has 0 aromatic rings. The van der Waals surface area contributed by atoms with E-state index in [0.29, 0.717) is 0 Å². The number of hydrogen-bond donors (Lipinski definition) is 0. The topological polar surface area (TPSA) is 130 Å². The van der Waals surface area contributed by atoms with Gasteiger partial charge in [0.15, 0.2) is 12.4 Å². The summed E-state index contributed by atoms with van der Waals surface area (Å²) in [5.74, 6) is -2.09. The van der Waals surface area contributed by atoms with Gasteiger partial charge in [-0.05, 0) is 33.6 Å². The molecule has 0 fully saturated rings. The maximum Gasteiger partial charge on any atom is 0.333 e. The number of esters is 1. The van der Waals surface area contributed by atoms with Crippen molar-refractivity contribution in [2.45, 2.75) is 39.7 Å². The quantitative estimate of drug-likeness (QED) is 0.263. The van der Waals surface area contributed by atoms with E-state index in [1.165, 1.54) is 6.92 Å². The first-order chi connectivity index (χ1) is 10.4. The van der Waals surface area contributed by atoms with E-state index in [9.17, 15) is 26.4 Å². The fraction of sp³-hybridized carbons (Fsp3) is 0.833. The van der Waals surface area contributed by atoms with Gasteiger partial charge >= 0.3 is 5.97 Å². The number of rotatable bonds is 12. The lowest BCUT2D eigenvalue weighted by atomic mass is 10.4. The van der Waals surface area contributed by atoms with E-state index in [1.54, 1.807) is 13.8 Å². The standard InChI is InChI=1S/C12H22O9S2/c1-10(2)21-12(14)9-20-23(17,18)7-5-4-6-22(15,16)19-8-11(3)13/h10H,4-9H2,1-3H3. The molecular weight excluding hydrogens is 352 g/mol. The summed E-state index contributed by atoms with van der Waals surface area (Å²) in [7, 11) is -7.81. The number of ether oxygens (including phenoxy) is 1. The van der Waals surface area contributed by atoms with E-state index < -0.39 is 56.7 Å². The number of carbonyl (C=O) groups is 2. The van der Waals surface area contributed by atoms with E-state index >= 15 is 0 Å². The molecule has 0 N–H and O–H groups in total. The van der Waals surface area contributed by atoms with Crippen molar-refractivity contribution in [3.05, 3.63) is 0 Å². The Hall–Kier alpha value is -1.04. The molecule has 0 aliphatic carbocycles. The fourth-order valence-electron chi connectivity index (χ4n) is 1.28. The van der Waals surface area contributed by atoms with Crippen LogP contribution in [0.4, 0.5) is 0 Å². The van der Waals surface area contributed by atoms with Gasteiger partial charge in [0.2, 0.25) is 0 Å². The maximum absolute atomic E-state index is 11.5. The van der Waals surface area contributed by atoms with Gasteiger partial charge in [0.1, 0.15) is 6.61 Å². The highest BCUT2D eigenvalue weighted by atomic mass is 32.2. The lowest BCUT2D eigenvalue weighted by molar-refractivity contribution is -0.149. The molecule has 0 unspecified atom stereocenters. The van der Waals surface area contributed by atoms with Gasteiger partial charge in [-0.2, -0.15) is 16.8 Å². The Bertz CT molecular complexity index is 590. The zero-order chi connectivity index (χ0) is 18.1. The van der Waals surface area contributed by atoms with Crippen molar-refractivity contribution < 1.29 is 39.5 Å². The first kappa shape index (κ1) is 22.0. The molecule has 0 aromatic heterocycles. The minimum absolute atomic E-state index is 0.00419. The number of hydrogen-bond acceptors (Lipinski definition) is 9. The molecule has 0 aromatic carbocycles. The van der Waals surface area contributed by atoms with Gasteiger partial charge in [0, 0.05) is 0 Å². The van der Waals surface area contributed by atoms with Crippen molar-refractivity contribution in [2.75, 3.05) is 24.7 Å². The van der Waals surface area contributed by atoms with Crippen LogP contribution in [0.25, 0.3) is 0 Å². The van der Waals surface area contributed by atoms with Crippen LogP contribution < -0.4 is 0 Å². The van der Waals surface area contributed by atoms with Gasteiger partial charge in [0.05, 0.1) is 17.6 Å². The average Bonchev–Trinajstić information content (AvgIpc) is 2.39. The van der Waals surface area contributed by atoms with Gasteiger partial charge in [-0.15, -0.1) is 0 Å². The summed E-state index contributed by atoms with van der Waals surface area (Å²) in [5.41, 5.74) is 0. The molecular formula is C12H22O9S2. The molecule has 0 aliphatic heterocycles. The molecule has 23 heavy (non-hydrogen) atoms. The largest absolute Gasteiger partial charge is 0.461 e. The average molecular weight is 374 g/mol. The predicted molar refractivity (Wildman–Crippen MR) is 80.6 cm³/mol. The van der Waals surface area contributed by atoms with Gasteiger partial charge in [-0.3, -0.25) is 13.2 Å². The summed E-state index contributed by atoms with van der Waals surface area (Å²) in [6.45, 7) is 3.15. The molecule has 0 heterocycles. The van der Waals surface area contributed by atoms with Gasteiger partial charge in [-0.1, -0.05) is 0 Å². The van der Waals surface area contributed by atoms with Crippen LogP contribution in [-0.2, 0) is 42.9 Å². The summed E-state index contributed by atoms with van der Waals surface area (Å²) in [4.78, 5) is 21.8. The second-order valence-electron chi connectivity index (χ2n) is 5.00. The number of ketones is 1. The smallest absolute Gasteiger partial charge is 0.333 e. The van der Waals surface area contributed by atoms with E-state index in [4.69, 9.17) is 4.74 Å². The molecule has 0 bridgehead atoms. The minimum Gasteiger partial charge on any atom is -0.461 e. The van der Waals surface area contributed by atoms with Gasteiger partial charge < -0.3 is 4.74 Å². The van der Waals surface area contributed by atoms with Crippen LogP contribution in [-0.4, -0.2) is 59.4 Å². The summed E-state index contributed by atoms with van der Waals surface area (Å²) in [5, 5.41) is 0. The molecule has 9 nitrogen and oxygen atoms in total. The zero-order valence-electron chi connectivity index (χ0n) is 13.3. The first-order valence-electron chi connectivity index (χ1n) is 6.86. The van der Waals surface area contributed by atoms with Gasteiger partial charge in [-0.25, -0.2) is 4.79 Å². The Balaban J connectivity index is 4.07. The molecule has 0 saturated carbocycles. The van der Waals surface area contributed by atoms with Crippen LogP contribution in [0.15, 0.2) is 0 Å². The molecule has 11 heteroatoms. The third-order valence-corrected chi connectivity index (χ3v) is 4.74. The first-order valence-corrected chi connectivity index (χ1v) is 10.0. The molecule has 136 valence electrons. The van der Waals surface area contributed by atoms with Crippen molar-refractivity contribution in [1.29, 1.82) is 0 Å². The Kier molecular flexibility index (Phi) is 9.51. The van der Waals surface area contributed by atoms with E-state index in [2.05, 4.69) is 8.37 Å². The van der Waals surface area contributed by atoms with Crippen molar-refractivity contribution in [1.82, 2.24) is 0 Å². The van der Waals surface area contributed by atoms with E-state index in [1.807, 2.05) is 0 Å². The fourth-order valence-corrected chi connectivity index (χ4v) is 3.26. The molecule has 0 atom stereocenters. The van der Waals surface area contributed by atoms with Crippen LogP contribution in [0.1, 0.15) is 33.6 Å². The van der Waals surface area contributed by atoms with Crippen LogP contribution in [0.3, 0.4) is 0 Å². The van der Waals surface area contributed by atoms with Crippen molar-refractivity contribution >= 4 is 32.0 Å². The van der Waals surface area contributed by atoms with E-state index in [-0.39, 0.29) is 18.9 Å². The maximum atomic E-state index is 11.5. The third kappa shape index (κ3) is 13.1. The summed E-state index contributed by atoms with van der Waals surface area (Å²) >= 11 is 0. The highest BCUT2D eigenvalue weighted by Crippen LogP contribution is 2.04. The molecule has 0 amide bonds. The summed E-state index contributed by atoms with van der Waals surface area (Å²) in [6, 6.07) is 0. The minimum atomic E-state index is -3.95. The van der Waals surface area contributed by atoms with Gasteiger partial charge in [0.25, 0.3) is 20.2 Å². The number of carbonyl (C=O) groups excluding carboxylic acids is 2. The molecule has 0 spiro atoms. The summed E-state index contributed by atoms with van der Waals surface area (Å²) < 4.78 is 59.3. The predicted octanol–water partition coefficient (Wildman–Crippen LogP) is 0.000000000000000666. The molecule has 0 rings (SSSR count). The van der Waals surface area contributed by atoms with Crippen LogP contribution in [0, 0.1) is 0 Å². The SMILES string of the molecule is CC(=O)COS(=O)(=O)CCCCS(=O)(=O)OCC(=O)OC(C)C. The lowest BCUT2D eigenvalue weighted by Crippen LogP contribution is -2.21. The van der Waals surface area contributed by atoms with Crippen LogP contribution in [0.2, 0.25) is 0 Å². The van der Waals surface area contributed by atoms with Crippen LogP contribution in [0.5, 0.6) is 0 Å². The van der Waals surface area contributed by atoms with Crippen molar-refractivity contribution in [3.63, 3.8) is 0 Å². The lowest BCUT2D eigenvalue weighted by Gasteiger charge is -2.08. The van der Waals surface area contributed by atoms with Crippen LogP contribution >= 0.6 is 0 Å². The molecule has 0 saturated heterocycles. The summed E-state index contributed by atoms with van der Waals surface area (Å²) in [6.07, 6.45) is -0.363. The molecule has 0 radical (unpaired) electrons. The third-order valence-electron chi connectivity index (χ3n) is 2.20. The number of Topliss-reactive ketones (excluding diaryl/α,β-unsaturated/α-hetero) is 1. The highest BCUT2D eigenvalue weighted by Gasteiger charge is 2.17. The monoisotopic (exact) mass is 374 g/mol. The highest BCUT2D eigenvalue weighted by molar-refractivity contribution is 7.87. The Morgan fingerprint density at radius 2 is 1.30 bits per heavy atom. The second kappa shape index (κ2) is 9.96. The molecule has 0 aliphatic rings. The van der Waals surface area contributed by atoms with Crippen molar-refractivity contribution in [2.24, 2.45) is 0 Å². The Morgan fingerprint density at radius 1 is 0.870 bits per heavy atom. The second-order valence-corrected chi connectivity index (χ2v) is 8.51. The van der Waals surface area contributed by atoms with Crippen molar-refractivity contribution in [3.8, 4) is 0 Å².